The first kappa shape index (κ1) is 91.1. The van der Waals surface area contributed by atoms with E-state index in [4.69, 9.17) is 37.0 Å². The monoisotopic (exact) mass is 1370 g/mol. The lowest BCUT2D eigenvalue weighted by molar-refractivity contribution is -0.161. The fourth-order valence-corrected chi connectivity index (χ4v) is 12.9. The molecule has 0 aliphatic heterocycles. The Morgan fingerprint density at radius 3 is 0.731 bits per heavy atom. The molecule has 19 heteroatoms. The van der Waals surface area contributed by atoms with Crippen LogP contribution < -0.4 is 0 Å². The van der Waals surface area contributed by atoms with Crippen LogP contribution in [-0.4, -0.2) is 96.7 Å². The number of unbranched alkanes of at least 4 members (excludes halogenated alkanes) is 48. The molecule has 0 amide bonds. The summed E-state index contributed by atoms with van der Waals surface area (Å²) in [7, 11) is -9.70. The minimum absolute atomic E-state index is 0.122. The van der Waals surface area contributed by atoms with E-state index in [9.17, 15) is 43.2 Å². The number of hydrogen-bond acceptors (Lipinski definition) is 15. The number of carbonyl (C=O) groups is 4. The molecule has 0 heterocycles. The maximum absolute atomic E-state index is 13.0. The van der Waals surface area contributed by atoms with Gasteiger partial charge in [0.15, 0.2) is 12.2 Å². The molecule has 5 unspecified atom stereocenters. The SMILES string of the molecule is CCCCCCCCCCCCCCCC(=O)OCC(COP(=O)(O)OCCC(O)COP(=O)(O)OCC(COC(=O)CCCCCCCCCCCCCCC)OC(=O)CCCCCCCCCCCCCCC)OC(=O)CCCCCCCCCCCCCCC. The number of ether oxygens (including phenoxy) is 4. The smallest absolute Gasteiger partial charge is 0.462 e. The lowest BCUT2D eigenvalue weighted by atomic mass is 10.0. The summed E-state index contributed by atoms with van der Waals surface area (Å²) in [6.07, 6.45) is 56.9. The zero-order valence-electron chi connectivity index (χ0n) is 60.2. The molecule has 0 rings (SSSR count). The molecule has 0 bridgehead atoms. The summed E-state index contributed by atoms with van der Waals surface area (Å²) in [5.41, 5.74) is 0. The number of phosphoric ester groups is 2. The maximum atomic E-state index is 13.0. The van der Waals surface area contributed by atoms with Gasteiger partial charge in [-0.05, 0) is 32.1 Å². The first-order valence-electron chi connectivity index (χ1n) is 38.8. The molecule has 0 aromatic carbocycles. The van der Waals surface area contributed by atoms with Crippen molar-refractivity contribution in [3.63, 3.8) is 0 Å². The number of esters is 4. The Balaban J connectivity index is 5.20. The average Bonchev–Trinajstić information content (AvgIpc) is 2.26. The van der Waals surface area contributed by atoms with Gasteiger partial charge in [-0.3, -0.25) is 37.3 Å². The average molecular weight is 1370 g/mol. The lowest BCUT2D eigenvalue weighted by Gasteiger charge is -2.21. The van der Waals surface area contributed by atoms with E-state index in [0.717, 1.165) is 77.0 Å². The second-order valence-corrected chi connectivity index (χ2v) is 29.6. The van der Waals surface area contributed by atoms with Crippen LogP contribution >= 0.6 is 15.6 Å². The molecule has 0 radical (unpaired) electrons. The Bertz CT molecular complexity index is 1770. The van der Waals surface area contributed by atoms with Crippen molar-refractivity contribution in [1.29, 1.82) is 0 Å². The van der Waals surface area contributed by atoms with Crippen molar-refractivity contribution < 1.29 is 80.2 Å². The quantitative estimate of drug-likeness (QED) is 0.0222. The van der Waals surface area contributed by atoms with Crippen LogP contribution in [0, 0.1) is 0 Å². The third-order valence-corrected chi connectivity index (χ3v) is 19.3. The minimum atomic E-state index is -4.88. The van der Waals surface area contributed by atoms with Gasteiger partial charge in [-0.25, -0.2) is 9.13 Å². The van der Waals surface area contributed by atoms with Crippen LogP contribution in [-0.2, 0) is 65.4 Å². The van der Waals surface area contributed by atoms with E-state index in [1.807, 2.05) is 0 Å². The summed E-state index contributed by atoms with van der Waals surface area (Å²) in [6.45, 7) is 5.62. The van der Waals surface area contributed by atoms with Crippen LogP contribution in [0.4, 0.5) is 0 Å². The molecular formula is C74H144O17P2. The van der Waals surface area contributed by atoms with Crippen LogP contribution in [0.15, 0.2) is 0 Å². The van der Waals surface area contributed by atoms with Crippen molar-refractivity contribution in [3.05, 3.63) is 0 Å². The van der Waals surface area contributed by atoms with E-state index in [-0.39, 0.29) is 38.7 Å². The second-order valence-electron chi connectivity index (χ2n) is 26.7. The number of aliphatic hydroxyl groups excluding tert-OH is 1. The third-order valence-electron chi connectivity index (χ3n) is 17.4. The van der Waals surface area contributed by atoms with Gasteiger partial charge in [0, 0.05) is 25.7 Å². The predicted octanol–water partition coefficient (Wildman–Crippen LogP) is 21.8. The van der Waals surface area contributed by atoms with Crippen molar-refractivity contribution in [2.45, 2.75) is 412 Å². The zero-order valence-corrected chi connectivity index (χ0v) is 62.0. The highest BCUT2D eigenvalue weighted by Crippen LogP contribution is 2.45. The molecule has 0 aromatic rings. The number of rotatable bonds is 75. The van der Waals surface area contributed by atoms with Crippen LogP contribution in [0.2, 0.25) is 0 Å². The highest BCUT2D eigenvalue weighted by molar-refractivity contribution is 7.47. The Labute approximate surface area is 568 Å². The van der Waals surface area contributed by atoms with Gasteiger partial charge < -0.3 is 33.8 Å². The first-order valence-corrected chi connectivity index (χ1v) is 41.8. The van der Waals surface area contributed by atoms with E-state index in [2.05, 4.69) is 27.7 Å². The number of hydrogen-bond donors (Lipinski definition) is 3. The van der Waals surface area contributed by atoms with E-state index in [1.54, 1.807) is 0 Å². The van der Waals surface area contributed by atoms with Crippen LogP contribution in [0.5, 0.6) is 0 Å². The molecule has 5 atom stereocenters. The maximum Gasteiger partial charge on any atom is 0.472 e. The molecule has 0 aromatic heterocycles. The molecule has 0 saturated heterocycles. The van der Waals surface area contributed by atoms with Crippen molar-refractivity contribution in [2.24, 2.45) is 0 Å². The van der Waals surface area contributed by atoms with E-state index < -0.39 is 90.9 Å². The summed E-state index contributed by atoms with van der Waals surface area (Å²) < 4.78 is 68.7. The van der Waals surface area contributed by atoms with Gasteiger partial charge in [-0.15, -0.1) is 0 Å². The zero-order chi connectivity index (χ0) is 68.2. The molecular weight excluding hydrogens is 1220 g/mol. The Morgan fingerprint density at radius 2 is 0.484 bits per heavy atom. The van der Waals surface area contributed by atoms with Gasteiger partial charge in [0.05, 0.1) is 32.5 Å². The summed E-state index contributed by atoms with van der Waals surface area (Å²) >= 11 is 0. The second kappa shape index (κ2) is 68.6. The normalized spacial score (nSPS) is 13.9. The molecule has 0 saturated carbocycles. The van der Waals surface area contributed by atoms with Crippen molar-refractivity contribution in [2.75, 3.05) is 39.6 Å². The molecule has 0 fully saturated rings. The van der Waals surface area contributed by atoms with Gasteiger partial charge >= 0.3 is 39.5 Å². The van der Waals surface area contributed by atoms with Crippen LogP contribution in [0.1, 0.15) is 394 Å². The van der Waals surface area contributed by atoms with E-state index >= 15 is 0 Å². The molecule has 93 heavy (non-hydrogen) atoms. The molecule has 552 valence electrons. The fourth-order valence-electron chi connectivity index (χ4n) is 11.4. The van der Waals surface area contributed by atoms with Gasteiger partial charge in [-0.2, -0.15) is 0 Å². The highest BCUT2D eigenvalue weighted by Gasteiger charge is 2.29. The Morgan fingerprint density at radius 1 is 0.280 bits per heavy atom. The van der Waals surface area contributed by atoms with Crippen LogP contribution in [0.25, 0.3) is 0 Å². The van der Waals surface area contributed by atoms with Crippen molar-refractivity contribution >= 4 is 39.5 Å². The summed E-state index contributed by atoms with van der Waals surface area (Å²) in [6, 6.07) is 0. The molecule has 0 aliphatic carbocycles. The molecule has 3 N–H and O–H groups in total. The summed E-state index contributed by atoms with van der Waals surface area (Å²) in [5, 5.41) is 10.6. The highest BCUT2D eigenvalue weighted by atomic mass is 31.2. The van der Waals surface area contributed by atoms with Gasteiger partial charge in [0.25, 0.3) is 0 Å². The number of aliphatic hydroxyl groups is 1. The van der Waals surface area contributed by atoms with Gasteiger partial charge in [0.2, 0.25) is 0 Å². The largest absolute Gasteiger partial charge is 0.472 e. The van der Waals surface area contributed by atoms with Crippen molar-refractivity contribution in [3.8, 4) is 0 Å². The summed E-state index contributed by atoms with van der Waals surface area (Å²) in [5.74, 6) is -2.04. The number of phosphoric acid groups is 2. The summed E-state index contributed by atoms with van der Waals surface area (Å²) in [4.78, 5) is 72.7. The van der Waals surface area contributed by atoms with Crippen LogP contribution in [0.3, 0.4) is 0 Å². The first-order chi connectivity index (χ1) is 45.2. The number of carbonyl (C=O) groups excluding carboxylic acids is 4. The standard InChI is InChI=1S/C74H144O17P2/c1-5-9-13-17-21-25-29-33-37-41-45-49-53-57-71(76)84-64-69(90-73(78)59-55-51-47-43-39-35-31-27-23-19-15-11-7-3)66-88-92(80,81)86-62-61-68(75)63-87-93(82,83)89-67-70(91-74(79)60-56-52-48-44-40-36-32-28-24-20-16-12-8-4)65-85-72(77)58-54-50-46-42-38-34-30-26-22-18-14-10-6-2/h68-70,75H,5-67H2,1-4H3,(H,80,81)(H,82,83). The third kappa shape index (κ3) is 68.4. The Kier molecular flexibility index (Phi) is 67.1. The fraction of sp³-hybridized carbons (Fsp3) is 0.946. The Hall–Kier alpha value is -1.94. The van der Waals surface area contributed by atoms with Crippen molar-refractivity contribution in [1.82, 2.24) is 0 Å². The molecule has 0 spiro atoms. The molecule has 17 nitrogen and oxygen atoms in total. The molecule has 0 aliphatic rings. The predicted molar refractivity (Wildman–Crippen MR) is 377 cm³/mol. The van der Waals surface area contributed by atoms with E-state index in [1.165, 1.54) is 231 Å². The van der Waals surface area contributed by atoms with Gasteiger partial charge in [0.1, 0.15) is 13.2 Å². The topological polar surface area (TPSA) is 237 Å². The van der Waals surface area contributed by atoms with E-state index in [0.29, 0.717) is 25.7 Å². The van der Waals surface area contributed by atoms with Gasteiger partial charge in [-0.1, -0.05) is 336 Å². The minimum Gasteiger partial charge on any atom is -0.462 e. The lowest BCUT2D eigenvalue weighted by Crippen LogP contribution is -2.30.